The van der Waals surface area contributed by atoms with Crippen molar-refractivity contribution in [1.29, 1.82) is 0 Å². The SMILES string of the molecule is CN1CCCC1=O.[S]=[Cu]. The van der Waals surface area contributed by atoms with E-state index in [9.17, 15) is 4.79 Å². The van der Waals surface area contributed by atoms with E-state index in [0.717, 1.165) is 19.4 Å². The molecule has 0 aromatic heterocycles. The van der Waals surface area contributed by atoms with Gasteiger partial charge in [0.2, 0.25) is 5.91 Å². The maximum atomic E-state index is 10.5. The summed E-state index contributed by atoms with van der Waals surface area (Å²) < 4.78 is 0. The van der Waals surface area contributed by atoms with Crippen LogP contribution in [0.1, 0.15) is 12.8 Å². The van der Waals surface area contributed by atoms with E-state index < -0.39 is 0 Å². The van der Waals surface area contributed by atoms with Crippen LogP contribution in [0.25, 0.3) is 0 Å². The molecule has 1 heterocycles. The van der Waals surface area contributed by atoms with Crippen LogP contribution in [-0.2, 0) is 19.2 Å². The fourth-order valence-corrected chi connectivity index (χ4v) is 0.783. The summed E-state index contributed by atoms with van der Waals surface area (Å²) in [5.41, 5.74) is 0. The molecule has 0 aromatic carbocycles. The molecule has 0 bridgehead atoms. The third kappa shape index (κ3) is 3.04. The molecule has 0 radical (unpaired) electrons. The second-order valence-corrected chi connectivity index (χ2v) is 1.92. The number of carbonyl (C=O) groups excluding carboxylic acids is 1. The van der Waals surface area contributed by atoms with Crippen LogP contribution < -0.4 is 0 Å². The van der Waals surface area contributed by atoms with Gasteiger partial charge in [0.15, 0.2) is 0 Å². The third-order valence-corrected chi connectivity index (χ3v) is 1.31. The first-order chi connectivity index (χ1) is 4.30. The van der Waals surface area contributed by atoms with Gasteiger partial charge in [-0.2, -0.15) is 0 Å². The van der Waals surface area contributed by atoms with Gasteiger partial charge in [-0.3, -0.25) is 4.79 Å². The van der Waals surface area contributed by atoms with E-state index in [2.05, 4.69) is 24.9 Å². The molecule has 0 unspecified atom stereocenters. The molecule has 1 aliphatic heterocycles. The molecule has 57 valence electrons. The molecule has 0 atom stereocenters. The Kier molecular flexibility index (Phi) is 5.15. The molecule has 0 aliphatic carbocycles. The molecule has 1 aliphatic rings. The molecule has 1 rings (SSSR count). The van der Waals surface area contributed by atoms with E-state index >= 15 is 0 Å². The fraction of sp³-hybridized carbons (Fsp3) is 0.800. The third-order valence-electron chi connectivity index (χ3n) is 1.31. The van der Waals surface area contributed by atoms with Gasteiger partial charge in [-0.25, -0.2) is 0 Å². The van der Waals surface area contributed by atoms with Gasteiger partial charge < -0.3 is 4.90 Å². The van der Waals surface area contributed by atoms with Crippen LogP contribution in [0.15, 0.2) is 0 Å². The molecule has 9 heavy (non-hydrogen) atoms. The van der Waals surface area contributed by atoms with Crippen molar-refractivity contribution in [3.63, 3.8) is 0 Å². The Bertz CT molecular complexity index is 109. The van der Waals surface area contributed by atoms with Gasteiger partial charge in [-0.1, -0.05) is 0 Å². The summed E-state index contributed by atoms with van der Waals surface area (Å²) in [6.07, 6.45) is 1.81. The van der Waals surface area contributed by atoms with Crippen LogP contribution in [-0.4, -0.2) is 24.4 Å². The minimum atomic E-state index is 0.292. The Morgan fingerprint density at radius 2 is 2.22 bits per heavy atom. The average Bonchev–Trinajstić information content (AvgIpc) is 2.23. The van der Waals surface area contributed by atoms with Crippen molar-refractivity contribution in [2.24, 2.45) is 0 Å². The van der Waals surface area contributed by atoms with Crippen molar-refractivity contribution in [3.8, 4) is 0 Å². The van der Waals surface area contributed by atoms with Gasteiger partial charge >= 0.3 is 24.9 Å². The molecule has 1 amide bonds. The van der Waals surface area contributed by atoms with Crippen LogP contribution in [0.3, 0.4) is 0 Å². The van der Waals surface area contributed by atoms with Gasteiger partial charge in [0.1, 0.15) is 0 Å². The van der Waals surface area contributed by atoms with E-state index in [0.29, 0.717) is 5.91 Å². The first-order valence-corrected chi connectivity index (χ1v) is 4.07. The molecule has 0 spiro atoms. The van der Waals surface area contributed by atoms with Crippen LogP contribution in [0.5, 0.6) is 0 Å². The quantitative estimate of drug-likeness (QED) is 0.534. The molecular weight excluding hydrogens is 186 g/mol. The minimum absolute atomic E-state index is 0.292. The van der Waals surface area contributed by atoms with Crippen molar-refractivity contribution >= 4 is 16.5 Å². The van der Waals surface area contributed by atoms with Gasteiger partial charge in [0.05, 0.1) is 0 Å². The topological polar surface area (TPSA) is 20.3 Å². The number of likely N-dealkylation sites (tertiary alicyclic amines) is 1. The second-order valence-electron chi connectivity index (χ2n) is 1.92. The van der Waals surface area contributed by atoms with Crippen LogP contribution in [0.2, 0.25) is 0 Å². The van der Waals surface area contributed by atoms with Crippen molar-refractivity contribution in [2.75, 3.05) is 13.6 Å². The van der Waals surface area contributed by atoms with E-state index in [1.54, 1.807) is 4.90 Å². The first kappa shape index (κ1) is 9.21. The van der Waals surface area contributed by atoms with Crippen molar-refractivity contribution in [2.45, 2.75) is 12.8 Å². The zero-order valence-corrected chi connectivity index (χ0v) is 6.94. The van der Waals surface area contributed by atoms with Crippen molar-refractivity contribution < 1.29 is 19.2 Å². The maximum absolute atomic E-state index is 10.5. The Morgan fingerprint density at radius 3 is 2.33 bits per heavy atom. The van der Waals surface area contributed by atoms with E-state index in [1.807, 2.05) is 7.05 Å². The summed E-state index contributed by atoms with van der Waals surface area (Å²) >= 11 is 3.77. The molecule has 0 saturated carbocycles. The molecule has 2 nitrogen and oxygen atoms in total. The number of rotatable bonds is 0. The standard InChI is InChI=1S/C5H9NO.Cu.S/c1-6-4-2-3-5(6)7;;/h2-4H2,1H3;;. The summed E-state index contributed by atoms with van der Waals surface area (Å²) in [6.45, 7) is 0.957. The summed E-state index contributed by atoms with van der Waals surface area (Å²) in [5, 5.41) is 0. The monoisotopic (exact) mass is 194 g/mol. The van der Waals surface area contributed by atoms with Crippen molar-refractivity contribution in [1.82, 2.24) is 4.90 Å². The Hall–Kier alpha value is 0.209. The Balaban J connectivity index is 0.000000291. The fourth-order valence-electron chi connectivity index (χ4n) is 0.783. The van der Waals surface area contributed by atoms with Gasteiger partial charge in [0, 0.05) is 20.0 Å². The number of hydrogen-bond acceptors (Lipinski definition) is 2. The van der Waals surface area contributed by atoms with Crippen molar-refractivity contribution in [3.05, 3.63) is 0 Å². The Labute approximate surface area is 67.3 Å². The van der Waals surface area contributed by atoms with Gasteiger partial charge in [0.25, 0.3) is 0 Å². The predicted molar refractivity (Wildman–Crippen MR) is 34.5 cm³/mol. The number of amides is 1. The van der Waals surface area contributed by atoms with Crippen LogP contribution in [0, 0.1) is 0 Å². The number of hydrogen-bond donors (Lipinski definition) is 0. The number of nitrogens with zero attached hydrogens (tertiary/aromatic N) is 1. The van der Waals surface area contributed by atoms with E-state index in [1.165, 1.54) is 0 Å². The molecule has 4 heteroatoms. The Morgan fingerprint density at radius 1 is 1.67 bits per heavy atom. The number of carbonyl (C=O) groups is 1. The van der Waals surface area contributed by atoms with Crippen LogP contribution in [0.4, 0.5) is 0 Å². The van der Waals surface area contributed by atoms with Gasteiger partial charge in [-0.15, -0.1) is 0 Å². The average molecular weight is 195 g/mol. The summed E-state index contributed by atoms with van der Waals surface area (Å²) in [4.78, 5) is 12.3. The summed E-state index contributed by atoms with van der Waals surface area (Å²) in [7, 11) is 5.49. The zero-order valence-electron chi connectivity index (χ0n) is 5.19. The van der Waals surface area contributed by atoms with E-state index in [4.69, 9.17) is 0 Å². The summed E-state index contributed by atoms with van der Waals surface area (Å²) in [5.74, 6) is 0.292. The molecular formula is C5H9CuNOS. The summed E-state index contributed by atoms with van der Waals surface area (Å²) in [6, 6.07) is 0. The second kappa shape index (κ2) is 5.03. The van der Waals surface area contributed by atoms with E-state index in [-0.39, 0.29) is 0 Å². The molecule has 1 fully saturated rings. The normalized spacial score (nSPS) is 17.2. The molecule has 0 N–H and O–H groups in total. The first-order valence-electron chi connectivity index (χ1n) is 2.67. The van der Waals surface area contributed by atoms with Crippen LogP contribution >= 0.6 is 10.6 Å². The van der Waals surface area contributed by atoms with Gasteiger partial charge in [-0.05, 0) is 6.42 Å². The zero-order chi connectivity index (χ0) is 7.28. The molecule has 0 aromatic rings. The molecule has 1 saturated heterocycles. The predicted octanol–water partition coefficient (Wildman–Crippen LogP) is 0.884.